The zero-order valence-corrected chi connectivity index (χ0v) is 17.7. The highest BCUT2D eigenvalue weighted by Gasteiger charge is 2.23. The summed E-state index contributed by atoms with van der Waals surface area (Å²) in [6, 6.07) is 11.4. The largest absolute Gasteiger partial charge is 0.493 e. The number of hydrogen-bond acceptors (Lipinski definition) is 1. The molecule has 0 aliphatic carbocycles. The van der Waals surface area contributed by atoms with Crippen LogP contribution in [0.2, 0.25) is 0 Å². The summed E-state index contributed by atoms with van der Waals surface area (Å²) in [4.78, 5) is 0. The maximum Gasteiger partial charge on any atom is 0.131 e. The van der Waals surface area contributed by atoms with Gasteiger partial charge in [0, 0.05) is 5.56 Å². The third-order valence-corrected chi connectivity index (χ3v) is 6.24. The van der Waals surface area contributed by atoms with E-state index in [-0.39, 0.29) is 5.82 Å². The molecule has 2 aromatic rings. The molecular weight excluding hydrogens is 335 g/mol. The summed E-state index contributed by atoms with van der Waals surface area (Å²) in [6.45, 7) is 11.7. The Kier molecular flexibility index (Phi) is 7.89. The Morgan fingerprint density at radius 3 is 2.22 bits per heavy atom. The number of aryl methyl sites for hydroxylation is 2. The lowest BCUT2D eigenvalue weighted by atomic mass is 9.76. The third-order valence-electron chi connectivity index (χ3n) is 6.24. The predicted octanol–water partition coefficient (Wildman–Crippen LogP) is 7.74. The van der Waals surface area contributed by atoms with Crippen LogP contribution in [0.5, 0.6) is 5.75 Å². The molecular formula is C25H35FO. The standard InChI is InChI=1S/C25H35FO/c1-6-20-18-21(22-13-11-19(5)17-23(22)26)12-14-24(20)27-16-10-15-25(7-2,8-3)9-4/h11-14,17-18H,6-10,15-16H2,1-5H3. The molecule has 0 N–H and O–H groups in total. The van der Waals surface area contributed by atoms with Crippen LogP contribution in [-0.2, 0) is 6.42 Å². The first-order chi connectivity index (χ1) is 13.0. The summed E-state index contributed by atoms with van der Waals surface area (Å²) in [7, 11) is 0. The van der Waals surface area contributed by atoms with Gasteiger partial charge in [-0.3, -0.25) is 0 Å². The van der Waals surface area contributed by atoms with E-state index in [0.29, 0.717) is 11.0 Å². The second kappa shape index (κ2) is 9.92. The zero-order chi connectivity index (χ0) is 19.9. The van der Waals surface area contributed by atoms with Gasteiger partial charge in [-0.2, -0.15) is 0 Å². The van der Waals surface area contributed by atoms with E-state index >= 15 is 0 Å². The molecule has 0 saturated heterocycles. The molecule has 0 saturated carbocycles. The molecule has 0 radical (unpaired) electrons. The van der Waals surface area contributed by atoms with Crippen molar-refractivity contribution in [3.8, 4) is 16.9 Å². The highest BCUT2D eigenvalue weighted by Crippen LogP contribution is 2.35. The fourth-order valence-corrected chi connectivity index (χ4v) is 3.93. The van der Waals surface area contributed by atoms with Gasteiger partial charge in [-0.15, -0.1) is 0 Å². The van der Waals surface area contributed by atoms with Crippen LogP contribution in [0.15, 0.2) is 36.4 Å². The average Bonchev–Trinajstić information content (AvgIpc) is 2.69. The van der Waals surface area contributed by atoms with E-state index in [1.54, 1.807) is 6.07 Å². The first-order valence-electron chi connectivity index (χ1n) is 10.5. The molecule has 1 nitrogen and oxygen atoms in total. The van der Waals surface area contributed by atoms with Crippen molar-refractivity contribution in [1.82, 2.24) is 0 Å². The number of benzene rings is 2. The Bertz CT molecular complexity index is 723. The Labute approximate surface area is 165 Å². The first-order valence-corrected chi connectivity index (χ1v) is 10.5. The van der Waals surface area contributed by atoms with Gasteiger partial charge < -0.3 is 4.74 Å². The van der Waals surface area contributed by atoms with Crippen LogP contribution < -0.4 is 4.74 Å². The van der Waals surface area contributed by atoms with Crippen LogP contribution in [0, 0.1) is 18.2 Å². The topological polar surface area (TPSA) is 9.23 Å². The fraction of sp³-hybridized carbons (Fsp3) is 0.520. The predicted molar refractivity (Wildman–Crippen MR) is 114 cm³/mol. The molecule has 0 aliphatic rings. The summed E-state index contributed by atoms with van der Waals surface area (Å²) in [5.41, 5.74) is 4.11. The van der Waals surface area contributed by atoms with E-state index < -0.39 is 0 Å². The lowest BCUT2D eigenvalue weighted by Gasteiger charge is -2.30. The quantitative estimate of drug-likeness (QED) is 0.389. The minimum Gasteiger partial charge on any atom is -0.493 e. The molecule has 2 heteroatoms. The molecule has 0 fully saturated rings. The molecule has 0 spiro atoms. The normalized spacial score (nSPS) is 11.6. The number of ether oxygens (including phenoxy) is 1. The lowest BCUT2D eigenvalue weighted by molar-refractivity contribution is 0.198. The highest BCUT2D eigenvalue weighted by molar-refractivity contribution is 5.66. The Balaban J connectivity index is 2.06. The molecule has 0 amide bonds. The third kappa shape index (κ3) is 5.34. The van der Waals surface area contributed by atoms with E-state index in [0.717, 1.165) is 41.9 Å². The van der Waals surface area contributed by atoms with Crippen molar-refractivity contribution in [3.63, 3.8) is 0 Å². The SMILES string of the molecule is CCc1cc(-c2ccc(C)cc2F)ccc1OCCCC(CC)(CC)CC. The number of rotatable bonds is 10. The average molecular weight is 371 g/mol. The van der Waals surface area contributed by atoms with Crippen LogP contribution in [0.3, 0.4) is 0 Å². The summed E-state index contributed by atoms with van der Waals surface area (Å²) in [6.07, 6.45) is 6.86. The molecule has 27 heavy (non-hydrogen) atoms. The minimum atomic E-state index is -0.166. The van der Waals surface area contributed by atoms with Crippen LogP contribution >= 0.6 is 0 Å². The van der Waals surface area contributed by atoms with Gasteiger partial charge in [-0.1, -0.05) is 65.2 Å². The van der Waals surface area contributed by atoms with Crippen molar-refractivity contribution in [3.05, 3.63) is 53.3 Å². The summed E-state index contributed by atoms with van der Waals surface area (Å²) in [5, 5.41) is 0. The summed E-state index contributed by atoms with van der Waals surface area (Å²) in [5.74, 6) is 0.768. The second-order valence-corrected chi connectivity index (χ2v) is 7.67. The maximum atomic E-state index is 14.3. The molecule has 2 rings (SSSR count). The zero-order valence-electron chi connectivity index (χ0n) is 17.7. The van der Waals surface area contributed by atoms with E-state index in [9.17, 15) is 4.39 Å². The van der Waals surface area contributed by atoms with Crippen molar-refractivity contribution in [2.75, 3.05) is 6.61 Å². The van der Waals surface area contributed by atoms with Crippen LogP contribution in [0.1, 0.15) is 70.9 Å². The fourth-order valence-electron chi connectivity index (χ4n) is 3.93. The van der Waals surface area contributed by atoms with Gasteiger partial charge in [-0.25, -0.2) is 4.39 Å². The Hall–Kier alpha value is -1.83. The van der Waals surface area contributed by atoms with E-state index in [1.807, 2.05) is 31.2 Å². The van der Waals surface area contributed by atoms with Gasteiger partial charge >= 0.3 is 0 Å². The summed E-state index contributed by atoms with van der Waals surface area (Å²) >= 11 is 0. The molecule has 0 bridgehead atoms. The molecule has 0 heterocycles. The Morgan fingerprint density at radius 1 is 0.926 bits per heavy atom. The molecule has 0 aromatic heterocycles. The van der Waals surface area contributed by atoms with Gasteiger partial charge in [0.05, 0.1) is 6.61 Å². The number of hydrogen-bond donors (Lipinski definition) is 0. The van der Waals surface area contributed by atoms with Gasteiger partial charge in [0.2, 0.25) is 0 Å². The van der Waals surface area contributed by atoms with Gasteiger partial charge in [0.1, 0.15) is 11.6 Å². The van der Waals surface area contributed by atoms with Crippen LogP contribution in [-0.4, -0.2) is 6.61 Å². The lowest BCUT2D eigenvalue weighted by Crippen LogP contribution is -2.18. The Morgan fingerprint density at radius 2 is 1.63 bits per heavy atom. The molecule has 2 aromatic carbocycles. The second-order valence-electron chi connectivity index (χ2n) is 7.67. The van der Waals surface area contributed by atoms with Crippen molar-refractivity contribution in [2.45, 2.75) is 73.1 Å². The van der Waals surface area contributed by atoms with Crippen LogP contribution in [0.4, 0.5) is 4.39 Å². The van der Waals surface area contributed by atoms with E-state index in [2.05, 4.69) is 33.8 Å². The van der Waals surface area contributed by atoms with E-state index in [1.165, 1.54) is 25.7 Å². The van der Waals surface area contributed by atoms with Gasteiger partial charge in [0.15, 0.2) is 0 Å². The molecule has 148 valence electrons. The van der Waals surface area contributed by atoms with Crippen molar-refractivity contribution < 1.29 is 9.13 Å². The smallest absolute Gasteiger partial charge is 0.131 e. The first kappa shape index (κ1) is 21.5. The molecule has 0 atom stereocenters. The summed E-state index contributed by atoms with van der Waals surface area (Å²) < 4.78 is 20.4. The highest BCUT2D eigenvalue weighted by atomic mass is 19.1. The monoisotopic (exact) mass is 370 g/mol. The van der Waals surface area contributed by atoms with E-state index in [4.69, 9.17) is 4.74 Å². The van der Waals surface area contributed by atoms with Crippen molar-refractivity contribution >= 4 is 0 Å². The molecule has 0 unspecified atom stereocenters. The molecule has 0 aliphatic heterocycles. The minimum absolute atomic E-state index is 0.166. The van der Waals surface area contributed by atoms with Crippen LogP contribution in [0.25, 0.3) is 11.1 Å². The van der Waals surface area contributed by atoms with Crippen molar-refractivity contribution in [1.29, 1.82) is 0 Å². The van der Waals surface area contributed by atoms with Gasteiger partial charge in [0.25, 0.3) is 0 Å². The van der Waals surface area contributed by atoms with Gasteiger partial charge in [-0.05, 0) is 66.5 Å². The maximum absolute atomic E-state index is 14.3. The number of halogens is 1. The van der Waals surface area contributed by atoms with Crippen molar-refractivity contribution in [2.24, 2.45) is 5.41 Å².